The molecule has 0 fully saturated rings. The Balaban J connectivity index is 1.29. The van der Waals surface area contributed by atoms with Gasteiger partial charge in [0.1, 0.15) is 11.0 Å². The number of fused-ring (bicyclic) bond motifs is 10. The average Bonchev–Trinajstić information content (AvgIpc) is 3.82. The van der Waals surface area contributed by atoms with E-state index in [1.165, 1.54) is 44.5 Å². The summed E-state index contributed by atoms with van der Waals surface area (Å²) in [6.07, 6.45) is 0. The normalized spacial score (nSPS) is 14.6. The molecule has 6 bridgehead atoms. The maximum absolute atomic E-state index is 14.7. The van der Waals surface area contributed by atoms with Crippen molar-refractivity contribution in [3.8, 4) is 33.4 Å². The first-order valence-corrected chi connectivity index (χ1v) is 18.0. The Morgan fingerprint density at radius 3 is 1.82 bits per heavy atom. The van der Waals surface area contributed by atoms with Crippen molar-refractivity contribution in [3.63, 3.8) is 0 Å². The van der Waals surface area contributed by atoms with Gasteiger partial charge in [-0.05, 0) is 61.0 Å². The van der Waals surface area contributed by atoms with Gasteiger partial charge >= 0.3 is 0 Å². The standard InChI is InChI=1S/C43H26N3O2S/c1-25-18-20-27(21-19-25)49(47,48)45-36-15-7-3-11-29(36)32-22-26-23-34(42(32)45)41-40(26)39-24-33-28-10-2-6-14-35(28)44(43(33)41)46(39)37-16-8-4-12-30(37)31-13-5-9-17-38(31)46/h2-24H,1H3/q+1. The highest BCUT2D eigenvalue weighted by Gasteiger charge is 2.56. The van der Waals surface area contributed by atoms with E-state index in [9.17, 15) is 8.42 Å². The first-order valence-electron chi connectivity index (χ1n) is 16.6. The lowest BCUT2D eigenvalue weighted by Crippen LogP contribution is -2.44. The van der Waals surface area contributed by atoms with Gasteiger partial charge in [-0.15, -0.1) is 4.59 Å². The van der Waals surface area contributed by atoms with Crippen LogP contribution in [0.4, 0.5) is 17.1 Å². The molecule has 5 heterocycles. The fraction of sp³-hybridized carbons (Fsp3) is 0.0233. The highest BCUT2D eigenvalue weighted by molar-refractivity contribution is 7.90. The van der Waals surface area contributed by atoms with Gasteiger partial charge in [-0.1, -0.05) is 78.4 Å². The van der Waals surface area contributed by atoms with E-state index in [4.69, 9.17) is 0 Å². The Kier molecular flexibility index (Phi) is 4.45. The van der Waals surface area contributed by atoms with Gasteiger partial charge in [-0.3, -0.25) is 0 Å². The molecule has 230 valence electrons. The molecule has 2 aromatic heterocycles. The van der Waals surface area contributed by atoms with E-state index in [1.54, 1.807) is 16.1 Å². The lowest BCUT2D eigenvalue weighted by molar-refractivity contribution is 0.452. The highest BCUT2D eigenvalue weighted by atomic mass is 32.2. The van der Waals surface area contributed by atoms with Crippen molar-refractivity contribution in [1.82, 2.24) is 13.2 Å². The second-order valence-corrected chi connectivity index (χ2v) is 15.3. The molecule has 9 aromatic rings. The summed E-state index contributed by atoms with van der Waals surface area (Å²) in [5.74, 6) is 0. The number of hydrogen-bond acceptors (Lipinski definition) is 2. The van der Waals surface area contributed by atoms with Crippen molar-refractivity contribution < 1.29 is 8.42 Å². The van der Waals surface area contributed by atoms with E-state index in [0.29, 0.717) is 10.1 Å². The molecule has 6 heteroatoms. The van der Waals surface area contributed by atoms with Crippen LogP contribution in [-0.4, -0.2) is 17.1 Å². The summed E-state index contributed by atoms with van der Waals surface area (Å²) in [6.45, 7) is 1.97. The molecule has 49 heavy (non-hydrogen) atoms. The van der Waals surface area contributed by atoms with Crippen molar-refractivity contribution in [2.24, 2.45) is 0 Å². The fourth-order valence-corrected chi connectivity index (χ4v) is 10.9. The van der Waals surface area contributed by atoms with Gasteiger partial charge in [0.15, 0.2) is 17.1 Å². The van der Waals surface area contributed by atoms with Gasteiger partial charge in [-0.2, -0.15) is 4.68 Å². The molecular weight excluding hydrogens is 623 g/mol. The van der Waals surface area contributed by atoms with Crippen LogP contribution in [0, 0.1) is 6.92 Å². The summed E-state index contributed by atoms with van der Waals surface area (Å²) in [6, 6.07) is 48.2. The molecule has 7 aromatic carbocycles. The van der Waals surface area contributed by atoms with Gasteiger partial charge in [0, 0.05) is 50.9 Å². The highest BCUT2D eigenvalue weighted by Crippen LogP contribution is 2.68. The topological polar surface area (TPSA) is 44.0 Å². The molecule has 0 unspecified atom stereocenters. The van der Waals surface area contributed by atoms with Crippen molar-refractivity contribution in [2.45, 2.75) is 11.8 Å². The van der Waals surface area contributed by atoms with Crippen molar-refractivity contribution in [3.05, 3.63) is 145 Å². The number of hydrogen-bond donors (Lipinski definition) is 0. The smallest absolute Gasteiger partial charge is 0.233 e. The maximum atomic E-state index is 14.7. The minimum atomic E-state index is -3.95. The molecule has 1 aliphatic carbocycles. The minimum Gasteiger partial charge on any atom is -0.233 e. The number of rotatable bonds is 2. The van der Waals surface area contributed by atoms with Crippen LogP contribution in [0.15, 0.2) is 144 Å². The predicted molar refractivity (Wildman–Crippen MR) is 199 cm³/mol. The van der Waals surface area contributed by atoms with Gasteiger partial charge < -0.3 is 0 Å². The third-order valence-corrected chi connectivity index (χ3v) is 12.9. The van der Waals surface area contributed by atoms with Crippen LogP contribution in [0.1, 0.15) is 5.56 Å². The summed E-state index contributed by atoms with van der Waals surface area (Å²) in [5, 5.41) is 4.27. The van der Waals surface area contributed by atoms with Crippen LogP contribution in [-0.2, 0) is 10.0 Å². The summed E-state index contributed by atoms with van der Waals surface area (Å²) >= 11 is 0. The van der Waals surface area contributed by atoms with Crippen LogP contribution in [0.25, 0.3) is 77.0 Å². The molecule has 13 rings (SSSR count). The van der Waals surface area contributed by atoms with E-state index in [0.717, 1.165) is 49.6 Å². The molecule has 4 aliphatic rings. The number of para-hydroxylation sites is 4. The zero-order chi connectivity index (χ0) is 32.4. The van der Waals surface area contributed by atoms with E-state index in [-0.39, 0.29) is 4.90 Å². The number of nitrogens with zero attached hydrogens (tertiary/aromatic N) is 3. The van der Waals surface area contributed by atoms with E-state index >= 15 is 0 Å². The summed E-state index contributed by atoms with van der Waals surface area (Å²) in [4.78, 5) is 0.283. The second-order valence-electron chi connectivity index (χ2n) is 13.6. The molecule has 0 radical (unpaired) electrons. The third kappa shape index (κ3) is 2.77. The number of benzene rings is 7. The SMILES string of the molecule is Cc1ccc(S(=O)(=O)n2c3ccccc3c3cc4cc(c32)-c2c-4c3cc4c5ccccc5n(c24)[N+]32c3ccccc3-c3ccccc32)cc1. The van der Waals surface area contributed by atoms with Gasteiger partial charge in [0.05, 0.1) is 32.6 Å². The lowest BCUT2D eigenvalue weighted by Gasteiger charge is -2.40. The summed E-state index contributed by atoms with van der Waals surface area (Å²) in [7, 11) is -3.95. The number of aryl methyl sites for hydroxylation is 1. The van der Waals surface area contributed by atoms with Gasteiger partial charge in [-0.25, -0.2) is 12.4 Å². The van der Waals surface area contributed by atoms with E-state index in [2.05, 4.69) is 102 Å². The molecule has 1 spiro atoms. The van der Waals surface area contributed by atoms with Crippen molar-refractivity contribution in [1.29, 1.82) is 0 Å². The van der Waals surface area contributed by atoms with Crippen molar-refractivity contribution >= 4 is 70.7 Å². The molecule has 0 amide bonds. The quantitative estimate of drug-likeness (QED) is 0.175. The molecule has 0 N–H and O–H groups in total. The van der Waals surface area contributed by atoms with E-state index in [1.807, 2.05) is 37.3 Å². The van der Waals surface area contributed by atoms with Gasteiger partial charge in [0.2, 0.25) is 0 Å². The number of aromatic nitrogens is 2. The zero-order valence-electron chi connectivity index (χ0n) is 26.3. The first kappa shape index (κ1) is 26.1. The molecule has 0 atom stereocenters. The molecule has 5 nitrogen and oxygen atoms in total. The Labute approximate surface area is 281 Å². The molecule has 0 saturated heterocycles. The predicted octanol–water partition coefficient (Wildman–Crippen LogP) is 10.8. The fourth-order valence-electron chi connectivity index (χ4n) is 9.35. The van der Waals surface area contributed by atoms with E-state index < -0.39 is 10.0 Å². The number of quaternary nitrogens is 1. The summed E-state index contributed by atoms with van der Waals surface area (Å²) < 4.78 is 34.1. The Morgan fingerprint density at radius 2 is 1.10 bits per heavy atom. The largest absolute Gasteiger partial charge is 0.268 e. The zero-order valence-corrected chi connectivity index (χ0v) is 27.2. The van der Waals surface area contributed by atoms with Crippen LogP contribution < -0.4 is 4.59 Å². The Hall–Kier alpha value is -5.95. The molecular formula is C43H26N3O2S+. The Morgan fingerprint density at radius 1 is 0.510 bits per heavy atom. The molecule has 0 saturated carbocycles. The van der Waals surface area contributed by atoms with Crippen LogP contribution >= 0.6 is 0 Å². The first-order chi connectivity index (χ1) is 24.0. The van der Waals surface area contributed by atoms with Crippen LogP contribution in [0.5, 0.6) is 0 Å². The third-order valence-electron chi connectivity index (χ3n) is 11.2. The average molecular weight is 649 g/mol. The second kappa shape index (κ2) is 8.36. The van der Waals surface area contributed by atoms with Crippen molar-refractivity contribution in [2.75, 3.05) is 0 Å². The minimum absolute atomic E-state index is 0.283. The Bertz CT molecular complexity index is 3080. The maximum Gasteiger partial charge on any atom is 0.268 e. The van der Waals surface area contributed by atoms with Crippen LogP contribution in [0.3, 0.4) is 0 Å². The van der Waals surface area contributed by atoms with Crippen LogP contribution in [0.2, 0.25) is 0 Å². The molecule has 3 aliphatic heterocycles. The van der Waals surface area contributed by atoms with Gasteiger partial charge in [0.25, 0.3) is 10.0 Å². The monoisotopic (exact) mass is 648 g/mol. The lowest BCUT2D eigenvalue weighted by atomic mass is 9.95. The summed E-state index contributed by atoms with van der Waals surface area (Å²) in [5.41, 5.74) is 15.2.